The summed E-state index contributed by atoms with van der Waals surface area (Å²) in [7, 11) is 0. The maximum absolute atomic E-state index is 13.6. The van der Waals surface area contributed by atoms with Crippen molar-refractivity contribution in [2.45, 2.75) is 44.7 Å². The highest BCUT2D eigenvalue weighted by molar-refractivity contribution is 7.03. The number of aromatic nitrogens is 2. The lowest BCUT2D eigenvalue weighted by atomic mass is 10.0. The van der Waals surface area contributed by atoms with Crippen LogP contribution < -0.4 is 10.2 Å². The number of carbonyl (C=O) groups excluding carboxylic acids is 2. The van der Waals surface area contributed by atoms with Crippen LogP contribution in [0.5, 0.6) is 0 Å². The Labute approximate surface area is 184 Å². The highest BCUT2D eigenvalue weighted by atomic mass is 32.1. The van der Waals surface area contributed by atoms with Crippen molar-refractivity contribution in [3.8, 4) is 0 Å². The molecule has 160 valence electrons. The summed E-state index contributed by atoms with van der Waals surface area (Å²) in [5.74, 6) is -1.15. The Balaban J connectivity index is 1.79. The molecule has 1 aliphatic carbocycles. The SMILES string of the molecule is Cc1ccc([C@@H](C(=O)NC2CCCC2)N(C(=O)c2csnn2)c2ccc(F)cc2)cc1. The normalized spacial score (nSPS) is 14.9. The van der Waals surface area contributed by atoms with E-state index in [4.69, 9.17) is 0 Å². The zero-order valence-corrected chi connectivity index (χ0v) is 17.9. The zero-order valence-electron chi connectivity index (χ0n) is 17.1. The molecule has 0 spiro atoms. The van der Waals surface area contributed by atoms with E-state index < -0.39 is 17.8 Å². The first-order valence-electron chi connectivity index (χ1n) is 10.3. The fourth-order valence-corrected chi connectivity index (χ4v) is 4.31. The number of aryl methyl sites for hydroxylation is 1. The van der Waals surface area contributed by atoms with Crippen molar-refractivity contribution in [2.75, 3.05) is 4.90 Å². The zero-order chi connectivity index (χ0) is 21.8. The van der Waals surface area contributed by atoms with Crippen molar-refractivity contribution < 1.29 is 14.0 Å². The molecule has 2 aromatic carbocycles. The van der Waals surface area contributed by atoms with E-state index in [-0.39, 0.29) is 17.6 Å². The molecule has 0 radical (unpaired) electrons. The van der Waals surface area contributed by atoms with Gasteiger partial charge in [0.05, 0.1) is 0 Å². The molecule has 0 aliphatic heterocycles. The van der Waals surface area contributed by atoms with E-state index >= 15 is 0 Å². The minimum Gasteiger partial charge on any atom is -0.351 e. The molecule has 6 nitrogen and oxygen atoms in total. The summed E-state index contributed by atoms with van der Waals surface area (Å²) in [4.78, 5) is 28.4. The second kappa shape index (κ2) is 9.34. The lowest BCUT2D eigenvalue weighted by molar-refractivity contribution is -0.123. The van der Waals surface area contributed by atoms with Crippen molar-refractivity contribution in [1.29, 1.82) is 0 Å². The first kappa shape index (κ1) is 21.1. The molecule has 0 saturated heterocycles. The number of amides is 2. The van der Waals surface area contributed by atoms with Gasteiger partial charge < -0.3 is 5.32 Å². The van der Waals surface area contributed by atoms with E-state index in [0.29, 0.717) is 11.3 Å². The predicted molar refractivity (Wildman–Crippen MR) is 117 cm³/mol. The first-order valence-corrected chi connectivity index (χ1v) is 11.1. The molecule has 1 saturated carbocycles. The van der Waals surface area contributed by atoms with Crippen LogP contribution in [0.3, 0.4) is 0 Å². The molecule has 2 amide bonds. The molecule has 0 bridgehead atoms. The molecule has 1 N–H and O–H groups in total. The van der Waals surface area contributed by atoms with E-state index in [2.05, 4.69) is 14.9 Å². The Bertz CT molecular complexity index is 1030. The average Bonchev–Trinajstić information content (AvgIpc) is 3.47. The molecule has 31 heavy (non-hydrogen) atoms. The summed E-state index contributed by atoms with van der Waals surface area (Å²) in [6.45, 7) is 1.96. The Kier molecular flexibility index (Phi) is 6.36. The van der Waals surface area contributed by atoms with Crippen molar-refractivity contribution in [3.05, 3.63) is 76.5 Å². The number of anilines is 1. The van der Waals surface area contributed by atoms with Gasteiger partial charge in [0.25, 0.3) is 5.91 Å². The summed E-state index contributed by atoms with van der Waals surface area (Å²) in [5.41, 5.74) is 2.26. The third kappa shape index (κ3) is 4.80. The van der Waals surface area contributed by atoms with Crippen LogP contribution in [0.1, 0.15) is 53.3 Å². The Morgan fingerprint density at radius 3 is 2.39 bits per heavy atom. The average molecular weight is 439 g/mol. The second-order valence-corrected chi connectivity index (χ2v) is 8.35. The largest absolute Gasteiger partial charge is 0.351 e. The van der Waals surface area contributed by atoms with Gasteiger partial charge >= 0.3 is 0 Å². The van der Waals surface area contributed by atoms with Crippen LogP contribution >= 0.6 is 11.5 Å². The highest BCUT2D eigenvalue weighted by Gasteiger charge is 2.35. The molecule has 1 aromatic heterocycles. The fourth-order valence-electron chi connectivity index (χ4n) is 3.88. The van der Waals surface area contributed by atoms with Gasteiger partial charge in [-0.05, 0) is 61.1 Å². The third-order valence-electron chi connectivity index (χ3n) is 5.50. The van der Waals surface area contributed by atoms with Gasteiger partial charge in [0, 0.05) is 17.1 Å². The fraction of sp³-hybridized carbons (Fsp3) is 0.304. The molecule has 1 fully saturated rings. The molecule has 0 unspecified atom stereocenters. The van der Waals surface area contributed by atoms with Gasteiger partial charge in [-0.2, -0.15) is 0 Å². The number of rotatable bonds is 6. The molecule has 4 rings (SSSR count). The second-order valence-electron chi connectivity index (χ2n) is 7.74. The van der Waals surface area contributed by atoms with Crippen molar-refractivity contribution >= 4 is 29.0 Å². The van der Waals surface area contributed by atoms with E-state index in [9.17, 15) is 14.0 Å². The van der Waals surface area contributed by atoms with Crippen molar-refractivity contribution in [1.82, 2.24) is 14.9 Å². The van der Waals surface area contributed by atoms with Crippen LogP contribution in [-0.4, -0.2) is 27.4 Å². The lowest BCUT2D eigenvalue weighted by Crippen LogP contribution is -2.46. The van der Waals surface area contributed by atoms with E-state index in [1.54, 1.807) is 5.38 Å². The third-order valence-corrected chi connectivity index (χ3v) is 6.01. The summed E-state index contributed by atoms with van der Waals surface area (Å²) in [5, 5.41) is 8.56. The summed E-state index contributed by atoms with van der Waals surface area (Å²) >= 11 is 1.06. The molecular formula is C23H23FN4O2S. The quantitative estimate of drug-likeness (QED) is 0.618. The molecule has 3 aromatic rings. The van der Waals surface area contributed by atoms with Crippen LogP contribution in [-0.2, 0) is 4.79 Å². The first-order chi connectivity index (χ1) is 15.0. The van der Waals surface area contributed by atoms with Gasteiger partial charge in [-0.3, -0.25) is 14.5 Å². The molecule has 1 aliphatic rings. The molecular weight excluding hydrogens is 415 g/mol. The van der Waals surface area contributed by atoms with E-state index in [1.807, 2.05) is 31.2 Å². The number of nitrogens with zero attached hydrogens (tertiary/aromatic N) is 3. The molecule has 8 heteroatoms. The van der Waals surface area contributed by atoms with Gasteiger partial charge in [0.15, 0.2) is 5.69 Å². The van der Waals surface area contributed by atoms with Gasteiger partial charge in [-0.25, -0.2) is 4.39 Å². The topological polar surface area (TPSA) is 75.2 Å². The van der Waals surface area contributed by atoms with Gasteiger partial charge in [0.1, 0.15) is 11.9 Å². The van der Waals surface area contributed by atoms with Crippen LogP contribution in [0.2, 0.25) is 0 Å². The summed E-state index contributed by atoms with van der Waals surface area (Å²) in [6.07, 6.45) is 4.00. The lowest BCUT2D eigenvalue weighted by Gasteiger charge is -2.32. The predicted octanol–water partition coefficient (Wildman–Crippen LogP) is 4.43. The van der Waals surface area contributed by atoms with Crippen LogP contribution in [0.4, 0.5) is 10.1 Å². The minimum atomic E-state index is -0.930. The maximum Gasteiger partial charge on any atom is 0.280 e. The Morgan fingerprint density at radius 2 is 1.77 bits per heavy atom. The van der Waals surface area contributed by atoms with E-state index in [1.165, 1.54) is 29.2 Å². The van der Waals surface area contributed by atoms with Gasteiger partial charge in [0.2, 0.25) is 5.91 Å². The number of hydrogen-bond donors (Lipinski definition) is 1. The highest BCUT2D eigenvalue weighted by Crippen LogP contribution is 2.31. The van der Waals surface area contributed by atoms with Crippen molar-refractivity contribution in [3.63, 3.8) is 0 Å². The molecule has 1 atom stereocenters. The van der Waals surface area contributed by atoms with Crippen LogP contribution in [0.15, 0.2) is 53.9 Å². The number of carbonyl (C=O) groups is 2. The standard InChI is InChI=1S/C23H23FN4O2S/c1-15-6-8-16(9-7-15)21(22(29)25-18-4-2-3-5-18)28(19-12-10-17(24)11-13-19)23(30)20-14-31-27-26-20/h6-14,18,21H,2-5H2,1H3,(H,25,29)/t21-/m0/s1. The smallest absolute Gasteiger partial charge is 0.280 e. The van der Waals surface area contributed by atoms with E-state index in [0.717, 1.165) is 42.8 Å². The maximum atomic E-state index is 13.6. The minimum absolute atomic E-state index is 0.0894. The number of halogens is 1. The number of hydrogen-bond acceptors (Lipinski definition) is 5. The van der Waals surface area contributed by atoms with Gasteiger partial charge in [-0.1, -0.05) is 47.2 Å². The Morgan fingerprint density at radius 1 is 1.10 bits per heavy atom. The summed E-state index contributed by atoms with van der Waals surface area (Å²) in [6, 6.07) is 12.2. The Hall–Kier alpha value is -3.13. The monoisotopic (exact) mass is 438 g/mol. The number of benzene rings is 2. The molecule has 1 heterocycles. The van der Waals surface area contributed by atoms with Crippen LogP contribution in [0.25, 0.3) is 0 Å². The van der Waals surface area contributed by atoms with Gasteiger partial charge in [-0.15, -0.1) is 5.10 Å². The summed E-state index contributed by atoms with van der Waals surface area (Å²) < 4.78 is 17.4. The van der Waals surface area contributed by atoms with Crippen molar-refractivity contribution in [2.24, 2.45) is 0 Å². The van der Waals surface area contributed by atoms with Crippen LogP contribution in [0, 0.1) is 12.7 Å². The number of nitrogens with one attached hydrogen (secondary N) is 1.